The third kappa shape index (κ3) is 3.74. The quantitative estimate of drug-likeness (QED) is 0.904. The molecule has 0 bridgehead atoms. The van der Waals surface area contributed by atoms with Gasteiger partial charge in [-0.1, -0.05) is 6.07 Å². The summed E-state index contributed by atoms with van der Waals surface area (Å²) in [6.07, 6.45) is 4.58. The molecule has 6 heteroatoms. The number of carbonyl (C=O) groups is 1. The zero-order valence-electron chi connectivity index (χ0n) is 15.7. The predicted molar refractivity (Wildman–Crippen MR) is 105 cm³/mol. The lowest BCUT2D eigenvalue weighted by Gasteiger charge is -2.23. The molecule has 2 atom stereocenters. The molecule has 4 rings (SSSR count). The van der Waals surface area contributed by atoms with Gasteiger partial charge in [0.15, 0.2) is 0 Å². The van der Waals surface area contributed by atoms with Crippen LogP contribution < -0.4 is 5.32 Å². The summed E-state index contributed by atoms with van der Waals surface area (Å²) in [4.78, 5) is 20.9. The monoisotopic (exact) mass is 363 g/mol. The second kappa shape index (κ2) is 7.53. The van der Waals surface area contributed by atoms with Gasteiger partial charge in [-0.3, -0.25) is 14.7 Å². The molecule has 0 spiro atoms. The Hall–Kier alpha value is -2.65. The number of nitriles is 1. The highest BCUT2D eigenvalue weighted by atomic mass is 16.2. The standard InChI is InChI=1S/C21H25N5O/c1-15-10-18(11-16-4-2-7-23-21(15)16)24-17-6-9-25(13-17)14-20(27)26-8-3-5-19(26)12-22/h2,4,7,10-11,17,19,24H,3,5-6,8-9,13-14H2,1H3/t17-,19?/m1/s1. The van der Waals surface area contributed by atoms with Crippen molar-refractivity contribution in [2.45, 2.75) is 38.3 Å². The molecule has 2 fully saturated rings. The topological polar surface area (TPSA) is 72.3 Å². The van der Waals surface area contributed by atoms with Gasteiger partial charge in [0.2, 0.25) is 5.91 Å². The van der Waals surface area contributed by atoms with Gasteiger partial charge in [0, 0.05) is 42.9 Å². The Morgan fingerprint density at radius 1 is 1.37 bits per heavy atom. The summed E-state index contributed by atoms with van der Waals surface area (Å²) >= 11 is 0. The van der Waals surface area contributed by atoms with Crippen molar-refractivity contribution >= 4 is 22.5 Å². The van der Waals surface area contributed by atoms with E-state index in [9.17, 15) is 10.1 Å². The van der Waals surface area contributed by atoms with E-state index in [-0.39, 0.29) is 11.9 Å². The molecule has 1 unspecified atom stereocenters. The van der Waals surface area contributed by atoms with E-state index in [0.717, 1.165) is 61.1 Å². The van der Waals surface area contributed by atoms with Gasteiger partial charge in [0.1, 0.15) is 6.04 Å². The summed E-state index contributed by atoms with van der Waals surface area (Å²) in [6.45, 7) is 4.97. The van der Waals surface area contributed by atoms with Gasteiger partial charge in [-0.2, -0.15) is 5.26 Å². The molecular weight excluding hydrogens is 338 g/mol. The summed E-state index contributed by atoms with van der Waals surface area (Å²) in [5, 5.41) is 13.9. The van der Waals surface area contributed by atoms with Crippen LogP contribution in [0.15, 0.2) is 30.5 Å². The van der Waals surface area contributed by atoms with Crippen LogP contribution in [0.3, 0.4) is 0 Å². The summed E-state index contributed by atoms with van der Waals surface area (Å²) in [5.41, 5.74) is 3.31. The van der Waals surface area contributed by atoms with Crippen molar-refractivity contribution in [1.82, 2.24) is 14.8 Å². The van der Waals surface area contributed by atoms with E-state index < -0.39 is 0 Å². The Kier molecular flexibility index (Phi) is 4.95. The molecule has 2 aliphatic heterocycles. The van der Waals surface area contributed by atoms with E-state index in [1.807, 2.05) is 12.3 Å². The maximum Gasteiger partial charge on any atom is 0.237 e. The molecular formula is C21H25N5O. The van der Waals surface area contributed by atoms with Crippen LogP contribution in [-0.4, -0.2) is 59.0 Å². The fourth-order valence-corrected chi connectivity index (χ4v) is 4.27. The highest BCUT2D eigenvalue weighted by molar-refractivity contribution is 5.85. The first-order valence-corrected chi connectivity index (χ1v) is 9.67. The van der Waals surface area contributed by atoms with Crippen molar-refractivity contribution in [3.63, 3.8) is 0 Å². The number of amides is 1. The summed E-state index contributed by atoms with van der Waals surface area (Å²) in [7, 11) is 0. The average Bonchev–Trinajstić information content (AvgIpc) is 3.31. The number of carbonyl (C=O) groups excluding carboxylic acids is 1. The van der Waals surface area contributed by atoms with Crippen LogP contribution in [0.4, 0.5) is 5.69 Å². The van der Waals surface area contributed by atoms with E-state index in [1.165, 1.54) is 0 Å². The number of likely N-dealkylation sites (tertiary alicyclic amines) is 2. The molecule has 0 radical (unpaired) electrons. The predicted octanol–water partition coefficient (Wildman–Crippen LogP) is 2.54. The number of aromatic nitrogens is 1. The molecule has 1 N–H and O–H groups in total. The van der Waals surface area contributed by atoms with Gasteiger partial charge < -0.3 is 10.2 Å². The van der Waals surface area contributed by atoms with Crippen LogP contribution in [0.1, 0.15) is 24.8 Å². The molecule has 1 amide bonds. The first-order chi connectivity index (χ1) is 13.1. The Labute approximate surface area is 159 Å². The number of rotatable bonds is 4. The number of nitrogens with zero attached hydrogens (tertiary/aromatic N) is 4. The highest BCUT2D eigenvalue weighted by Gasteiger charge is 2.31. The van der Waals surface area contributed by atoms with Gasteiger partial charge >= 0.3 is 0 Å². The lowest BCUT2D eigenvalue weighted by atomic mass is 10.1. The molecule has 27 heavy (non-hydrogen) atoms. The van der Waals surface area contributed by atoms with Gasteiger partial charge in [0.05, 0.1) is 18.1 Å². The van der Waals surface area contributed by atoms with E-state index in [2.05, 4.69) is 46.4 Å². The van der Waals surface area contributed by atoms with Gasteiger partial charge in [-0.15, -0.1) is 0 Å². The molecule has 1 aromatic carbocycles. The Morgan fingerprint density at radius 3 is 3.11 bits per heavy atom. The minimum absolute atomic E-state index is 0.0901. The number of nitrogens with one attached hydrogen (secondary N) is 1. The molecule has 6 nitrogen and oxygen atoms in total. The summed E-state index contributed by atoms with van der Waals surface area (Å²) in [5.74, 6) is 0.0901. The third-order valence-corrected chi connectivity index (χ3v) is 5.62. The first kappa shape index (κ1) is 17.7. The number of benzene rings is 1. The maximum absolute atomic E-state index is 12.5. The second-order valence-corrected chi connectivity index (χ2v) is 7.61. The molecule has 0 saturated carbocycles. The van der Waals surface area contributed by atoms with Crippen LogP contribution in [0, 0.1) is 18.3 Å². The molecule has 2 saturated heterocycles. The fraction of sp³-hybridized carbons (Fsp3) is 0.476. The lowest BCUT2D eigenvalue weighted by molar-refractivity contribution is -0.132. The average molecular weight is 363 g/mol. The number of pyridine rings is 1. The molecule has 3 heterocycles. The van der Waals surface area contributed by atoms with Crippen molar-refractivity contribution < 1.29 is 4.79 Å². The van der Waals surface area contributed by atoms with Crippen LogP contribution >= 0.6 is 0 Å². The highest BCUT2D eigenvalue weighted by Crippen LogP contribution is 2.24. The van der Waals surface area contributed by atoms with Gasteiger partial charge in [-0.25, -0.2) is 0 Å². The Balaban J connectivity index is 1.36. The zero-order valence-corrected chi connectivity index (χ0v) is 15.7. The van der Waals surface area contributed by atoms with Crippen molar-refractivity contribution in [2.24, 2.45) is 0 Å². The number of hydrogen-bond donors (Lipinski definition) is 1. The molecule has 140 valence electrons. The number of aryl methyl sites for hydroxylation is 1. The largest absolute Gasteiger partial charge is 0.381 e. The molecule has 0 aliphatic carbocycles. The number of fused-ring (bicyclic) bond motifs is 1. The zero-order chi connectivity index (χ0) is 18.8. The van der Waals surface area contributed by atoms with E-state index in [1.54, 1.807) is 4.90 Å². The van der Waals surface area contributed by atoms with Crippen LogP contribution in [0.25, 0.3) is 10.9 Å². The van der Waals surface area contributed by atoms with Crippen molar-refractivity contribution in [1.29, 1.82) is 5.26 Å². The molecule has 1 aromatic heterocycles. The number of hydrogen-bond acceptors (Lipinski definition) is 5. The lowest BCUT2D eigenvalue weighted by Crippen LogP contribution is -2.42. The van der Waals surface area contributed by atoms with Gasteiger partial charge in [0.25, 0.3) is 0 Å². The van der Waals surface area contributed by atoms with Crippen LogP contribution in [-0.2, 0) is 4.79 Å². The van der Waals surface area contributed by atoms with E-state index in [0.29, 0.717) is 12.6 Å². The molecule has 2 aliphatic rings. The van der Waals surface area contributed by atoms with Crippen LogP contribution in [0.5, 0.6) is 0 Å². The first-order valence-electron chi connectivity index (χ1n) is 9.67. The van der Waals surface area contributed by atoms with Gasteiger partial charge in [-0.05, 0) is 49.9 Å². The third-order valence-electron chi connectivity index (χ3n) is 5.62. The fourth-order valence-electron chi connectivity index (χ4n) is 4.27. The smallest absolute Gasteiger partial charge is 0.237 e. The number of anilines is 1. The van der Waals surface area contributed by atoms with Crippen molar-refractivity contribution in [3.8, 4) is 6.07 Å². The second-order valence-electron chi connectivity index (χ2n) is 7.61. The Bertz CT molecular complexity index is 890. The minimum Gasteiger partial charge on any atom is -0.381 e. The van der Waals surface area contributed by atoms with E-state index >= 15 is 0 Å². The maximum atomic E-state index is 12.5. The van der Waals surface area contributed by atoms with Crippen LogP contribution in [0.2, 0.25) is 0 Å². The normalized spacial score (nSPS) is 22.9. The Morgan fingerprint density at radius 2 is 2.26 bits per heavy atom. The van der Waals surface area contributed by atoms with E-state index in [4.69, 9.17) is 0 Å². The van der Waals surface area contributed by atoms with Crippen molar-refractivity contribution in [3.05, 3.63) is 36.0 Å². The van der Waals surface area contributed by atoms with Crippen molar-refractivity contribution in [2.75, 3.05) is 31.5 Å². The SMILES string of the molecule is Cc1cc(N[C@@H]2CCN(CC(=O)N3CCCC3C#N)C2)cc2cccnc12. The summed E-state index contributed by atoms with van der Waals surface area (Å²) in [6, 6.07) is 10.7. The molecule has 2 aromatic rings. The minimum atomic E-state index is -0.233. The summed E-state index contributed by atoms with van der Waals surface area (Å²) < 4.78 is 0.